The molecule has 3 heteroatoms. The summed E-state index contributed by atoms with van der Waals surface area (Å²) < 4.78 is 23.9. The van der Waals surface area contributed by atoms with Crippen molar-refractivity contribution in [2.24, 2.45) is 0 Å². The van der Waals surface area contributed by atoms with Crippen LogP contribution in [0.1, 0.15) is 19.8 Å². The van der Waals surface area contributed by atoms with Crippen LogP contribution in [0.3, 0.4) is 0 Å². The van der Waals surface area contributed by atoms with Crippen LogP contribution in [0.25, 0.3) is 0 Å². The minimum absolute atomic E-state index is 0.213. The molecule has 1 aliphatic heterocycles. The number of hydrogen-bond donors (Lipinski definition) is 1. The fraction of sp³-hybridized carbons (Fsp3) is 0.714. The minimum Gasteiger partial charge on any atom is -0.314 e. The Morgan fingerprint density at radius 3 is 2.70 bits per heavy atom. The molecule has 0 bridgehead atoms. The molecule has 0 saturated carbocycles. The van der Waals surface area contributed by atoms with Crippen LogP contribution in [0, 0.1) is 0 Å². The number of nitrogens with one attached hydrogen (secondary N) is 1. The van der Waals surface area contributed by atoms with E-state index in [1.165, 1.54) is 0 Å². The van der Waals surface area contributed by atoms with Crippen LogP contribution in [-0.2, 0) is 0 Å². The molecule has 0 radical (unpaired) electrons. The lowest BCUT2D eigenvalue weighted by Crippen LogP contribution is -2.32. The third kappa shape index (κ3) is 1.77. The lowest BCUT2D eigenvalue weighted by molar-refractivity contribution is 0.381. The highest BCUT2D eigenvalue weighted by Crippen LogP contribution is 2.20. The van der Waals surface area contributed by atoms with Crippen molar-refractivity contribution in [1.29, 1.82) is 0 Å². The van der Waals surface area contributed by atoms with Gasteiger partial charge in [-0.1, -0.05) is 0 Å². The van der Waals surface area contributed by atoms with E-state index in [9.17, 15) is 8.78 Å². The van der Waals surface area contributed by atoms with Crippen molar-refractivity contribution >= 4 is 0 Å². The molecule has 58 valence electrons. The number of halogens is 2. The van der Waals surface area contributed by atoms with Gasteiger partial charge in [0.15, 0.2) is 0 Å². The second kappa shape index (κ2) is 3.10. The predicted octanol–water partition coefficient (Wildman–Crippen LogP) is 1.91. The summed E-state index contributed by atoms with van der Waals surface area (Å²) in [6.07, 6.45) is -0.469. The van der Waals surface area contributed by atoms with Crippen LogP contribution >= 0.6 is 0 Å². The van der Waals surface area contributed by atoms with Crippen molar-refractivity contribution in [2.75, 3.05) is 6.54 Å². The lowest BCUT2D eigenvalue weighted by Gasteiger charge is -2.21. The normalized spacial score (nSPS) is 26.7. The van der Waals surface area contributed by atoms with Gasteiger partial charge in [-0.3, -0.25) is 0 Å². The summed E-state index contributed by atoms with van der Waals surface area (Å²) in [5, 5.41) is 3.10. The summed E-state index contributed by atoms with van der Waals surface area (Å²) in [7, 11) is 0. The highest BCUT2D eigenvalue weighted by molar-refractivity contribution is 5.07. The maximum Gasteiger partial charge on any atom is 0.269 e. The van der Waals surface area contributed by atoms with Gasteiger partial charge in [-0.15, -0.1) is 0 Å². The molecule has 1 rings (SSSR count). The van der Waals surface area contributed by atoms with Crippen molar-refractivity contribution in [3.8, 4) is 0 Å². The Hall–Kier alpha value is -0.440. The van der Waals surface area contributed by atoms with E-state index in [1.807, 2.05) is 6.92 Å². The van der Waals surface area contributed by atoms with Crippen molar-refractivity contribution in [3.63, 3.8) is 0 Å². The lowest BCUT2D eigenvalue weighted by atomic mass is 10.0. The summed E-state index contributed by atoms with van der Waals surface area (Å²) >= 11 is 0. The molecular weight excluding hydrogens is 136 g/mol. The molecule has 1 fully saturated rings. The van der Waals surface area contributed by atoms with E-state index < -0.39 is 6.08 Å². The molecule has 1 heterocycles. The molecule has 1 saturated heterocycles. The zero-order valence-electron chi connectivity index (χ0n) is 5.95. The zero-order chi connectivity index (χ0) is 7.56. The van der Waals surface area contributed by atoms with Gasteiger partial charge in [-0.25, -0.2) is 0 Å². The van der Waals surface area contributed by atoms with E-state index in [2.05, 4.69) is 5.32 Å². The topological polar surface area (TPSA) is 12.0 Å². The van der Waals surface area contributed by atoms with Crippen LogP contribution in [0.2, 0.25) is 0 Å². The van der Waals surface area contributed by atoms with E-state index in [1.54, 1.807) is 0 Å². The number of piperidine rings is 1. The van der Waals surface area contributed by atoms with E-state index >= 15 is 0 Å². The van der Waals surface area contributed by atoms with Gasteiger partial charge in [-0.2, -0.15) is 8.78 Å². The first-order chi connectivity index (χ1) is 4.70. The largest absolute Gasteiger partial charge is 0.314 e. The molecule has 10 heavy (non-hydrogen) atoms. The zero-order valence-corrected chi connectivity index (χ0v) is 5.95. The average molecular weight is 147 g/mol. The van der Waals surface area contributed by atoms with Crippen LogP contribution in [0.4, 0.5) is 8.78 Å². The maximum atomic E-state index is 11.9. The third-order valence-electron chi connectivity index (χ3n) is 1.74. The van der Waals surface area contributed by atoms with Crippen molar-refractivity contribution in [1.82, 2.24) is 5.32 Å². The summed E-state index contributed by atoms with van der Waals surface area (Å²) in [5.41, 5.74) is 0.325. The Balaban J connectivity index is 2.55. The summed E-state index contributed by atoms with van der Waals surface area (Å²) in [6.45, 7) is 2.61. The molecular formula is C7H11F2N. The first-order valence-corrected chi connectivity index (χ1v) is 3.46. The fourth-order valence-corrected chi connectivity index (χ4v) is 1.18. The molecule has 0 spiro atoms. The van der Waals surface area contributed by atoms with Gasteiger partial charge in [-0.05, 0) is 31.9 Å². The average Bonchev–Trinajstić information content (AvgIpc) is 1.88. The third-order valence-corrected chi connectivity index (χ3v) is 1.74. The van der Waals surface area contributed by atoms with Gasteiger partial charge < -0.3 is 5.32 Å². The molecule has 0 aliphatic carbocycles. The van der Waals surface area contributed by atoms with Crippen molar-refractivity contribution < 1.29 is 8.78 Å². The Bertz CT molecular complexity index is 150. The first kappa shape index (κ1) is 7.66. The van der Waals surface area contributed by atoms with Crippen LogP contribution in [-0.4, -0.2) is 12.6 Å². The molecule has 0 aromatic rings. The molecule has 0 aromatic heterocycles. The summed E-state index contributed by atoms with van der Waals surface area (Å²) in [6, 6.07) is 0.213. The summed E-state index contributed by atoms with van der Waals surface area (Å²) in [5.74, 6) is 0. The van der Waals surface area contributed by atoms with Gasteiger partial charge in [0, 0.05) is 6.04 Å². The Morgan fingerprint density at radius 2 is 2.30 bits per heavy atom. The van der Waals surface area contributed by atoms with E-state index in [0.29, 0.717) is 25.0 Å². The van der Waals surface area contributed by atoms with Gasteiger partial charge in [0.25, 0.3) is 6.08 Å². The number of rotatable bonds is 0. The Kier molecular flexibility index (Phi) is 2.38. The SMILES string of the molecule is C[C@H]1CC(=C(F)F)CCN1. The van der Waals surface area contributed by atoms with Crippen LogP contribution in [0.15, 0.2) is 11.7 Å². The van der Waals surface area contributed by atoms with Crippen LogP contribution < -0.4 is 5.32 Å². The first-order valence-electron chi connectivity index (χ1n) is 3.46. The highest BCUT2D eigenvalue weighted by Gasteiger charge is 2.15. The fourth-order valence-electron chi connectivity index (χ4n) is 1.18. The molecule has 1 atom stereocenters. The van der Waals surface area contributed by atoms with Gasteiger partial charge >= 0.3 is 0 Å². The van der Waals surface area contributed by atoms with E-state index in [4.69, 9.17) is 0 Å². The van der Waals surface area contributed by atoms with Gasteiger partial charge in [0.1, 0.15) is 0 Å². The van der Waals surface area contributed by atoms with E-state index in [-0.39, 0.29) is 6.04 Å². The Morgan fingerprint density at radius 1 is 1.60 bits per heavy atom. The molecule has 0 amide bonds. The molecule has 1 N–H and O–H groups in total. The predicted molar refractivity (Wildman–Crippen MR) is 35.9 cm³/mol. The molecule has 1 nitrogen and oxygen atoms in total. The van der Waals surface area contributed by atoms with Crippen molar-refractivity contribution in [2.45, 2.75) is 25.8 Å². The molecule has 0 aromatic carbocycles. The van der Waals surface area contributed by atoms with E-state index in [0.717, 1.165) is 0 Å². The monoisotopic (exact) mass is 147 g/mol. The second-order valence-electron chi connectivity index (χ2n) is 2.67. The second-order valence-corrected chi connectivity index (χ2v) is 2.67. The van der Waals surface area contributed by atoms with Gasteiger partial charge in [0.2, 0.25) is 0 Å². The summed E-state index contributed by atoms with van der Waals surface area (Å²) in [4.78, 5) is 0. The quantitative estimate of drug-likeness (QED) is 0.552. The highest BCUT2D eigenvalue weighted by atomic mass is 19.3. The maximum absolute atomic E-state index is 11.9. The number of hydrogen-bond acceptors (Lipinski definition) is 1. The molecule has 0 unspecified atom stereocenters. The van der Waals surface area contributed by atoms with Gasteiger partial charge in [0.05, 0.1) is 0 Å². The van der Waals surface area contributed by atoms with Crippen molar-refractivity contribution in [3.05, 3.63) is 11.7 Å². The van der Waals surface area contributed by atoms with Crippen LogP contribution in [0.5, 0.6) is 0 Å². The minimum atomic E-state index is -1.48. The Labute approximate surface area is 59.1 Å². The smallest absolute Gasteiger partial charge is 0.269 e. The molecule has 1 aliphatic rings. The standard InChI is InChI=1S/C7H11F2N/c1-5-4-6(7(8)9)2-3-10-5/h5,10H,2-4H2,1H3/t5-/m0/s1.